The number of ketones is 1. The van der Waals surface area contributed by atoms with E-state index in [0.29, 0.717) is 5.78 Å². The highest BCUT2D eigenvalue weighted by atomic mass is 16.1. The Balaban J connectivity index is 2.44. The molecule has 3 heteroatoms. The van der Waals surface area contributed by atoms with Gasteiger partial charge >= 0.3 is 0 Å². The molecule has 1 aliphatic rings. The normalized spacial score (nSPS) is 23.5. The fourth-order valence-electron chi connectivity index (χ4n) is 1.83. The van der Waals surface area contributed by atoms with Gasteiger partial charge in [0.15, 0.2) is 5.78 Å². The molecule has 0 amide bonds. The van der Waals surface area contributed by atoms with Crippen LogP contribution in [0, 0.1) is 5.92 Å². The monoisotopic (exact) mass is 184 g/mol. The Morgan fingerprint density at radius 3 is 2.54 bits per heavy atom. The number of hydrogen-bond acceptors (Lipinski definition) is 3. The highest BCUT2D eigenvalue weighted by Gasteiger charge is 2.25. The van der Waals surface area contributed by atoms with Gasteiger partial charge in [-0.2, -0.15) is 0 Å². The summed E-state index contributed by atoms with van der Waals surface area (Å²) in [5.41, 5.74) is 0. The molecule has 0 saturated carbocycles. The van der Waals surface area contributed by atoms with Gasteiger partial charge in [-0.3, -0.25) is 4.79 Å². The number of hydrogen-bond donors (Lipinski definition) is 2. The molecule has 1 heterocycles. The molecule has 1 rings (SSSR count). The minimum absolute atomic E-state index is 0.0543. The highest BCUT2D eigenvalue weighted by molar-refractivity contribution is 5.86. The molecule has 0 aromatic heterocycles. The number of rotatable bonds is 4. The summed E-state index contributed by atoms with van der Waals surface area (Å²) in [6, 6.07) is 0.0543. The van der Waals surface area contributed by atoms with E-state index < -0.39 is 0 Å². The Labute approximate surface area is 80.3 Å². The van der Waals surface area contributed by atoms with E-state index in [1.54, 1.807) is 0 Å². The average Bonchev–Trinajstić information content (AvgIpc) is 2.21. The zero-order chi connectivity index (χ0) is 9.68. The number of Topliss-reactive ketones (excluding diaryl/α,β-unsaturated/α-hetero) is 1. The van der Waals surface area contributed by atoms with Gasteiger partial charge in [0.25, 0.3) is 0 Å². The summed E-state index contributed by atoms with van der Waals surface area (Å²) < 4.78 is 0. The van der Waals surface area contributed by atoms with Crippen LogP contribution in [0.5, 0.6) is 0 Å². The molecule has 0 bridgehead atoms. The maximum absolute atomic E-state index is 11.9. The Bertz CT molecular complexity index is 160. The predicted molar refractivity (Wildman–Crippen MR) is 53.7 cm³/mol. The molecule has 0 aromatic rings. The predicted octanol–water partition coefficient (Wildman–Crippen LogP) is 0.553. The van der Waals surface area contributed by atoms with Gasteiger partial charge in [-0.25, -0.2) is 0 Å². The van der Waals surface area contributed by atoms with E-state index in [9.17, 15) is 4.79 Å². The molecule has 2 N–H and O–H groups in total. The van der Waals surface area contributed by atoms with Crippen molar-refractivity contribution in [3.05, 3.63) is 0 Å². The number of piperazine rings is 1. The van der Waals surface area contributed by atoms with E-state index in [1.807, 2.05) is 0 Å². The second-order valence-electron chi connectivity index (χ2n) is 3.63. The largest absolute Gasteiger partial charge is 0.313 e. The van der Waals surface area contributed by atoms with Crippen molar-refractivity contribution < 1.29 is 4.79 Å². The Morgan fingerprint density at radius 2 is 2.08 bits per heavy atom. The van der Waals surface area contributed by atoms with Gasteiger partial charge in [0.2, 0.25) is 0 Å². The van der Waals surface area contributed by atoms with E-state index in [1.165, 1.54) is 0 Å². The van der Waals surface area contributed by atoms with E-state index in [2.05, 4.69) is 24.5 Å². The summed E-state index contributed by atoms with van der Waals surface area (Å²) in [5.74, 6) is 0.634. The van der Waals surface area contributed by atoms with E-state index in [0.717, 1.165) is 32.5 Å². The van der Waals surface area contributed by atoms with Crippen molar-refractivity contribution in [2.45, 2.75) is 32.7 Å². The van der Waals surface area contributed by atoms with Gasteiger partial charge < -0.3 is 10.6 Å². The van der Waals surface area contributed by atoms with Crippen LogP contribution in [0.4, 0.5) is 0 Å². The first-order chi connectivity index (χ1) is 6.29. The third-order valence-corrected chi connectivity index (χ3v) is 2.77. The summed E-state index contributed by atoms with van der Waals surface area (Å²) in [4.78, 5) is 11.9. The summed E-state index contributed by atoms with van der Waals surface area (Å²) >= 11 is 0. The molecule has 3 nitrogen and oxygen atoms in total. The topological polar surface area (TPSA) is 41.1 Å². The summed E-state index contributed by atoms with van der Waals surface area (Å²) in [6.45, 7) is 6.86. The fourth-order valence-corrected chi connectivity index (χ4v) is 1.83. The van der Waals surface area contributed by atoms with Gasteiger partial charge in [-0.15, -0.1) is 0 Å². The van der Waals surface area contributed by atoms with Crippen molar-refractivity contribution in [1.82, 2.24) is 10.6 Å². The van der Waals surface area contributed by atoms with Gasteiger partial charge in [0.05, 0.1) is 6.04 Å². The van der Waals surface area contributed by atoms with Crippen LogP contribution in [0.2, 0.25) is 0 Å². The van der Waals surface area contributed by atoms with Crippen LogP contribution in [0.1, 0.15) is 26.7 Å². The number of nitrogens with one attached hydrogen (secondary N) is 2. The van der Waals surface area contributed by atoms with Crippen LogP contribution >= 0.6 is 0 Å². The highest BCUT2D eigenvalue weighted by Crippen LogP contribution is 2.11. The molecule has 1 atom stereocenters. The third-order valence-electron chi connectivity index (χ3n) is 2.77. The molecule has 1 aliphatic heterocycles. The molecular formula is C10H20N2O. The van der Waals surface area contributed by atoms with E-state index in [-0.39, 0.29) is 12.0 Å². The lowest BCUT2D eigenvalue weighted by atomic mass is 9.92. The third kappa shape index (κ3) is 2.78. The molecule has 0 aromatic carbocycles. The first kappa shape index (κ1) is 10.7. The Kier molecular flexibility index (Phi) is 4.39. The van der Waals surface area contributed by atoms with Crippen LogP contribution in [0.25, 0.3) is 0 Å². The zero-order valence-corrected chi connectivity index (χ0v) is 8.60. The molecule has 0 spiro atoms. The van der Waals surface area contributed by atoms with Crippen LogP contribution in [0.3, 0.4) is 0 Å². The standard InChI is InChI=1S/C10H20N2O/c1-3-8(4-2)10(13)9-7-11-5-6-12-9/h8-9,11-12H,3-7H2,1-2H3. The van der Waals surface area contributed by atoms with Gasteiger partial charge in [-0.05, 0) is 12.8 Å². The molecule has 1 saturated heterocycles. The first-order valence-corrected chi connectivity index (χ1v) is 5.27. The minimum atomic E-state index is 0.0543. The maximum atomic E-state index is 11.9. The molecule has 0 aliphatic carbocycles. The summed E-state index contributed by atoms with van der Waals surface area (Å²) in [7, 11) is 0. The quantitative estimate of drug-likeness (QED) is 0.670. The van der Waals surface area contributed by atoms with Gasteiger partial charge in [-0.1, -0.05) is 13.8 Å². The smallest absolute Gasteiger partial charge is 0.154 e. The van der Waals surface area contributed by atoms with E-state index >= 15 is 0 Å². The Hall–Kier alpha value is -0.410. The number of carbonyl (C=O) groups excluding carboxylic acids is 1. The summed E-state index contributed by atoms with van der Waals surface area (Å²) in [5, 5.41) is 6.49. The van der Waals surface area contributed by atoms with Crippen LogP contribution in [0.15, 0.2) is 0 Å². The molecule has 76 valence electrons. The zero-order valence-electron chi connectivity index (χ0n) is 8.60. The fraction of sp³-hybridized carbons (Fsp3) is 0.900. The maximum Gasteiger partial charge on any atom is 0.154 e. The van der Waals surface area contributed by atoms with Crippen molar-refractivity contribution >= 4 is 5.78 Å². The average molecular weight is 184 g/mol. The molecule has 13 heavy (non-hydrogen) atoms. The van der Waals surface area contributed by atoms with E-state index in [4.69, 9.17) is 0 Å². The second-order valence-corrected chi connectivity index (χ2v) is 3.63. The Morgan fingerprint density at radius 1 is 1.38 bits per heavy atom. The van der Waals surface area contributed by atoms with Gasteiger partial charge in [0.1, 0.15) is 0 Å². The molecule has 1 unspecified atom stereocenters. The first-order valence-electron chi connectivity index (χ1n) is 5.27. The molecular weight excluding hydrogens is 164 g/mol. The van der Waals surface area contributed by atoms with Crippen molar-refractivity contribution in [2.24, 2.45) is 5.92 Å². The van der Waals surface area contributed by atoms with Crippen LogP contribution < -0.4 is 10.6 Å². The molecule has 0 radical (unpaired) electrons. The minimum Gasteiger partial charge on any atom is -0.313 e. The second kappa shape index (κ2) is 5.35. The van der Waals surface area contributed by atoms with Crippen molar-refractivity contribution in [1.29, 1.82) is 0 Å². The van der Waals surface area contributed by atoms with Crippen LogP contribution in [-0.4, -0.2) is 31.5 Å². The van der Waals surface area contributed by atoms with Crippen LogP contribution in [-0.2, 0) is 4.79 Å². The van der Waals surface area contributed by atoms with Gasteiger partial charge in [0, 0.05) is 25.6 Å². The van der Waals surface area contributed by atoms with Crippen molar-refractivity contribution in [3.8, 4) is 0 Å². The molecule has 1 fully saturated rings. The lowest BCUT2D eigenvalue weighted by Crippen LogP contribution is -2.53. The summed E-state index contributed by atoms with van der Waals surface area (Å²) in [6.07, 6.45) is 1.93. The van der Waals surface area contributed by atoms with Crippen molar-refractivity contribution in [3.63, 3.8) is 0 Å². The lowest BCUT2D eigenvalue weighted by molar-refractivity contribution is -0.125. The lowest BCUT2D eigenvalue weighted by Gasteiger charge is -2.26. The number of carbonyl (C=O) groups is 1. The SMILES string of the molecule is CCC(CC)C(=O)C1CNCCN1. The van der Waals surface area contributed by atoms with Crippen molar-refractivity contribution in [2.75, 3.05) is 19.6 Å².